The summed E-state index contributed by atoms with van der Waals surface area (Å²) in [7, 11) is 0. The van der Waals surface area contributed by atoms with Crippen molar-refractivity contribution >= 4 is 24.0 Å². The van der Waals surface area contributed by atoms with Crippen LogP contribution in [0.25, 0.3) is 0 Å². The molecular formula is C17H29ClN2O2. The van der Waals surface area contributed by atoms with Gasteiger partial charge in [0.2, 0.25) is 5.91 Å². The Kier molecular flexibility index (Phi) is 11.6. The van der Waals surface area contributed by atoms with E-state index in [1.807, 2.05) is 25.1 Å². The molecule has 5 heteroatoms. The molecule has 0 saturated heterocycles. The van der Waals surface area contributed by atoms with Crippen molar-refractivity contribution in [1.82, 2.24) is 0 Å². The van der Waals surface area contributed by atoms with Gasteiger partial charge < -0.3 is 15.8 Å². The Balaban J connectivity index is 0.00000441. The molecule has 0 aromatic heterocycles. The Bertz CT molecular complexity index is 439. The van der Waals surface area contributed by atoms with E-state index in [4.69, 9.17) is 10.5 Å². The van der Waals surface area contributed by atoms with Crippen LogP contribution in [0.1, 0.15) is 51.0 Å². The summed E-state index contributed by atoms with van der Waals surface area (Å²) in [6, 6.07) is 5.86. The van der Waals surface area contributed by atoms with Crippen LogP contribution in [-0.4, -0.2) is 19.1 Å². The number of rotatable bonds is 10. The number of carbonyl (C=O) groups is 1. The first-order chi connectivity index (χ1) is 10.2. The lowest BCUT2D eigenvalue weighted by Gasteiger charge is -2.13. The normalized spacial score (nSPS) is 9.95. The van der Waals surface area contributed by atoms with Gasteiger partial charge in [0, 0.05) is 6.42 Å². The summed E-state index contributed by atoms with van der Waals surface area (Å²) < 4.78 is 5.70. The zero-order chi connectivity index (χ0) is 15.5. The molecule has 3 N–H and O–H groups in total. The minimum Gasteiger partial charge on any atom is -0.491 e. The number of ether oxygens (including phenoxy) is 1. The largest absolute Gasteiger partial charge is 0.491 e. The Hall–Kier alpha value is -1.26. The first kappa shape index (κ1) is 20.7. The molecular weight excluding hydrogens is 300 g/mol. The van der Waals surface area contributed by atoms with E-state index in [1.54, 1.807) is 0 Å². The van der Waals surface area contributed by atoms with Crippen LogP contribution in [0.5, 0.6) is 5.75 Å². The third-order valence-corrected chi connectivity index (χ3v) is 3.23. The van der Waals surface area contributed by atoms with Gasteiger partial charge in [-0.2, -0.15) is 0 Å². The van der Waals surface area contributed by atoms with Crippen molar-refractivity contribution in [3.8, 4) is 5.75 Å². The molecule has 1 aromatic carbocycles. The molecule has 0 bridgehead atoms. The number of carbonyl (C=O) groups excluding carboxylic acids is 1. The third kappa shape index (κ3) is 8.25. The Morgan fingerprint density at radius 1 is 1.23 bits per heavy atom. The van der Waals surface area contributed by atoms with Gasteiger partial charge in [-0.15, -0.1) is 12.4 Å². The lowest BCUT2D eigenvalue weighted by Crippen LogP contribution is -2.12. The van der Waals surface area contributed by atoms with Gasteiger partial charge in [-0.3, -0.25) is 4.79 Å². The van der Waals surface area contributed by atoms with Gasteiger partial charge in [0.25, 0.3) is 0 Å². The predicted molar refractivity (Wildman–Crippen MR) is 95.0 cm³/mol. The topological polar surface area (TPSA) is 64.3 Å². The zero-order valence-electron chi connectivity index (χ0n) is 13.7. The lowest BCUT2D eigenvalue weighted by atomic mass is 10.1. The van der Waals surface area contributed by atoms with E-state index in [2.05, 4.69) is 12.2 Å². The van der Waals surface area contributed by atoms with Crippen LogP contribution in [0, 0.1) is 6.92 Å². The van der Waals surface area contributed by atoms with Crippen LogP contribution in [0.3, 0.4) is 0 Å². The fourth-order valence-electron chi connectivity index (χ4n) is 2.06. The van der Waals surface area contributed by atoms with Gasteiger partial charge in [0.05, 0.1) is 12.3 Å². The van der Waals surface area contributed by atoms with Gasteiger partial charge in [-0.1, -0.05) is 25.8 Å². The number of halogens is 1. The van der Waals surface area contributed by atoms with Crippen LogP contribution in [-0.2, 0) is 4.79 Å². The molecule has 1 aromatic rings. The molecule has 0 fully saturated rings. The second-order valence-electron chi connectivity index (χ2n) is 5.35. The van der Waals surface area contributed by atoms with Gasteiger partial charge in [0.1, 0.15) is 5.75 Å². The molecule has 1 amide bonds. The summed E-state index contributed by atoms with van der Waals surface area (Å²) in [5, 5.41) is 2.95. The first-order valence-electron chi connectivity index (χ1n) is 7.90. The number of nitrogens with two attached hydrogens (primary N) is 1. The fraction of sp³-hybridized carbons (Fsp3) is 0.588. The summed E-state index contributed by atoms with van der Waals surface area (Å²) in [5.74, 6) is 0.807. The van der Waals surface area contributed by atoms with Crippen molar-refractivity contribution in [2.45, 2.75) is 52.4 Å². The monoisotopic (exact) mass is 328 g/mol. The number of aryl methyl sites for hydroxylation is 1. The van der Waals surface area contributed by atoms with Gasteiger partial charge in [-0.25, -0.2) is 0 Å². The average molecular weight is 329 g/mol. The number of unbranched alkanes of at least 4 members (excludes halogenated alkanes) is 3. The van der Waals surface area contributed by atoms with E-state index in [-0.39, 0.29) is 18.3 Å². The highest BCUT2D eigenvalue weighted by Gasteiger charge is 2.08. The van der Waals surface area contributed by atoms with Crippen molar-refractivity contribution in [1.29, 1.82) is 0 Å². The standard InChI is InChI=1S/C17H28N2O2.ClH/c1-3-12-21-16-13-14(2)9-10-15(16)19-17(20)8-6-4-5-7-11-18;/h9-10,13H,3-8,11-12,18H2,1-2H3,(H,19,20);1H. The molecule has 126 valence electrons. The molecule has 0 atom stereocenters. The van der Waals surface area contributed by atoms with Crippen LogP contribution in [0.4, 0.5) is 5.69 Å². The Morgan fingerprint density at radius 2 is 1.95 bits per heavy atom. The van der Waals surface area contributed by atoms with Gasteiger partial charge in [-0.05, 0) is 50.4 Å². The molecule has 0 heterocycles. The molecule has 0 saturated carbocycles. The van der Waals surface area contributed by atoms with Crippen LogP contribution >= 0.6 is 12.4 Å². The van der Waals surface area contributed by atoms with Gasteiger partial charge >= 0.3 is 0 Å². The summed E-state index contributed by atoms with van der Waals surface area (Å²) in [6.45, 7) is 5.47. The lowest BCUT2D eigenvalue weighted by molar-refractivity contribution is -0.116. The van der Waals surface area contributed by atoms with E-state index in [0.29, 0.717) is 13.0 Å². The SMILES string of the molecule is CCCOc1cc(C)ccc1NC(=O)CCCCCCN.Cl. The number of benzene rings is 1. The van der Waals surface area contributed by atoms with Crippen LogP contribution in [0.15, 0.2) is 18.2 Å². The van der Waals surface area contributed by atoms with Crippen LogP contribution in [0.2, 0.25) is 0 Å². The first-order valence-corrected chi connectivity index (χ1v) is 7.90. The fourth-order valence-corrected chi connectivity index (χ4v) is 2.06. The van der Waals surface area contributed by atoms with Gasteiger partial charge in [0.15, 0.2) is 0 Å². The Labute approximate surface area is 140 Å². The molecule has 4 nitrogen and oxygen atoms in total. The highest BCUT2D eigenvalue weighted by atomic mass is 35.5. The maximum absolute atomic E-state index is 12.0. The number of anilines is 1. The molecule has 0 aliphatic heterocycles. The minimum absolute atomic E-state index is 0. The maximum Gasteiger partial charge on any atom is 0.224 e. The van der Waals surface area contributed by atoms with Crippen molar-refractivity contribution in [2.24, 2.45) is 5.73 Å². The predicted octanol–water partition coefficient (Wildman–Crippen LogP) is 4.05. The summed E-state index contributed by atoms with van der Waals surface area (Å²) in [6.07, 6.45) is 5.59. The van der Waals surface area contributed by atoms with Crippen molar-refractivity contribution in [3.63, 3.8) is 0 Å². The minimum atomic E-state index is 0. The number of hydrogen-bond acceptors (Lipinski definition) is 3. The van der Waals surface area contributed by atoms with E-state index in [1.165, 1.54) is 0 Å². The van der Waals surface area contributed by atoms with Crippen molar-refractivity contribution in [3.05, 3.63) is 23.8 Å². The average Bonchev–Trinajstić information content (AvgIpc) is 2.47. The number of nitrogens with one attached hydrogen (secondary N) is 1. The molecule has 0 spiro atoms. The summed E-state index contributed by atoms with van der Waals surface area (Å²) in [4.78, 5) is 12.0. The maximum atomic E-state index is 12.0. The second kappa shape index (κ2) is 12.3. The van der Waals surface area contributed by atoms with Crippen LogP contribution < -0.4 is 15.8 Å². The summed E-state index contributed by atoms with van der Waals surface area (Å²) >= 11 is 0. The molecule has 0 aliphatic rings. The van der Waals surface area contributed by atoms with Crippen molar-refractivity contribution < 1.29 is 9.53 Å². The molecule has 0 aliphatic carbocycles. The highest BCUT2D eigenvalue weighted by molar-refractivity contribution is 5.92. The third-order valence-electron chi connectivity index (χ3n) is 3.23. The number of hydrogen-bond donors (Lipinski definition) is 2. The quantitative estimate of drug-likeness (QED) is 0.637. The molecule has 0 radical (unpaired) electrons. The second-order valence-corrected chi connectivity index (χ2v) is 5.35. The summed E-state index contributed by atoms with van der Waals surface area (Å²) in [5.41, 5.74) is 7.34. The smallest absolute Gasteiger partial charge is 0.224 e. The zero-order valence-corrected chi connectivity index (χ0v) is 14.5. The molecule has 22 heavy (non-hydrogen) atoms. The number of amides is 1. The highest BCUT2D eigenvalue weighted by Crippen LogP contribution is 2.26. The van der Waals surface area contributed by atoms with E-state index in [0.717, 1.165) is 55.6 Å². The van der Waals surface area contributed by atoms with Crippen molar-refractivity contribution in [2.75, 3.05) is 18.5 Å². The molecule has 1 rings (SSSR count). The van der Waals surface area contributed by atoms with E-state index < -0.39 is 0 Å². The van der Waals surface area contributed by atoms with E-state index >= 15 is 0 Å². The molecule has 0 unspecified atom stereocenters. The Morgan fingerprint density at radius 3 is 2.64 bits per heavy atom. The van der Waals surface area contributed by atoms with E-state index in [9.17, 15) is 4.79 Å².